The van der Waals surface area contributed by atoms with Crippen molar-refractivity contribution in [1.29, 1.82) is 0 Å². The average Bonchev–Trinajstić information content (AvgIpc) is 3.13. The van der Waals surface area contributed by atoms with Crippen LogP contribution in [0.5, 0.6) is 0 Å². The monoisotopic (exact) mass is 529 g/mol. The number of hydrogen-bond acceptors (Lipinski definition) is 0. The van der Waals surface area contributed by atoms with E-state index in [2.05, 4.69) is 101 Å². The van der Waals surface area contributed by atoms with Gasteiger partial charge in [-0.1, -0.05) is 77.6 Å². The zero-order valence-corrected chi connectivity index (χ0v) is 23.3. The molecule has 2 aliphatic rings. The van der Waals surface area contributed by atoms with Crippen molar-refractivity contribution in [2.45, 2.75) is 71.1 Å². The van der Waals surface area contributed by atoms with Crippen molar-refractivity contribution < 1.29 is 51.0 Å². The van der Waals surface area contributed by atoms with Crippen molar-refractivity contribution in [2.24, 2.45) is 0 Å². The summed E-state index contributed by atoms with van der Waals surface area (Å²) in [6.07, 6.45) is 9.42. The van der Waals surface area contributed by atoms with Crippen LogP contribution in [0.2, 0.25) is 0 Å². The number of benzene rings is 2. The van der Waals surface area contributed by atoms with Crippen molar-refractivity contribution in [3.8, 4) is 0 Å². The number of aromatic nitrogens is 1. The van der Waals surface area contributed by atoms with Crippen LogP contribution in [0.3, 0.4) is 0 Å². The number of aromatic amines is 1. The molecule has 1 unspecified atom stereocenters. The Hall–Kier alpha value is -0.817. The fourth-order valence-electron chi connectivity index (χ4n) is 4.32. The second-order valence-electron chi connectivity index (χ2n) is 10.2. The molecule has 1 N–H and O–H groups in total. The first-order valence-corrected chi connectivity index (χ1v) is 10.4. The van der Waals surface area contributed by atoms with Crippen molar-refractivity contribution in [1.82, 2.24) is 4.98 Å². The van der Waals surface area contributed by atoms with Crippen LogP contribution in [0.15, 0.2) is 48.0 Å². The molecule has 0 radical (unpaired) electrons. The minimum Gasteiger partial charge on any atom is -1.00 e. The summed E-state index contributed by atoms with van der Waals surface area (Å²) in [5, 5.41) is 1.35. The van der Waals surface area contributed by atoms with E-state index >= 15 is 0 Å². The zero-order chi connectivity index (χ0) is 20.1. The smallest absolute Gasteiger partial charge is 1.00 e. The average molecular weight is 532 g/mol. The maximum atomic E-state index is 3.45. The molecule has 1 atom stereocenters. The molecule has 5 rings (SSSR count). The van der Waals surface area contributed by atoms with Gasteiger partial charge in [-0.25, -0.2) is 0 Å². The summed E-state index contributed by atoms with van der Waals surface area (Å²) in [6, 6.07) is 15.1. The van der Waals surface area contributed by atoms with Crippen molar-refractivity contribution in [3.63, 3.8) is 0 Å². The number of halogens is 2. The van der Waals surface area contributed by atoms with Gasteiger partial charge >= 0.3 is 26.2 Å². The van der Waals surface area contributed by atoms with Gasteiger partial charge in [0.25, 0.3) is 0 Å². The SMILES string of the molecule is CC(C)(C)c1[c-][nH]c2cccc(C(C)(C)C)c12.[C-]1=C2CCC2c2ccccc21.[Cl-].[Cl-].[Zr+4]. The number of hydrogen-bond donors (Lipinski definition) is 1. The van der Waals surface area contributed by atoms with Crippen molar-refractivity contribution in [3.05, 3.63) is 82.6 Å². The summed E-state index contributed by atoms with van der Waals surface area (Å²) in [5.74, 6) is 0.756. The van der Waals surface area contributed by atoms with Crippen molar-refractivity contribution in [2.75, 3.05) is 0 Å². The van der Waals surface area contributed by atoms with Gasteiger partial charge in [0.05, 0.1) is 0 Å². The predicted molar refractivity (Wildman–Crippen MR) is 119 cm³/mol. The maximum Gasteiger partial charge on any atom is 4.00 e. The molecule has 1 saturated carbocycles. The Kier molecular flexibility index (Phi) is 9.48. The van der Waals surface area contributed by atoms with E-state index in [9.17, 15) is 0 Å². The standard InChI is InChI=1S/C16H22N.C11H9.2ClH.Zr/c1-15(2,3)11-8-7-9-13-14(11)12(10-17-13)16(4,5)6;1-2-4-10-8(3-1)7-9-5-6-11(9)10;;;/h7-9,17H,1-6H3;1-4,11H,5-6H2;2*1H;/q2*-1;;;+4/p-2. The quantitative estimate of drug-likeness (QED) is 0.420. The molecule has 0 spiro atoms. The normalized spacial score (nSPS) is 16.2. The fraction of sp³-hybridized carbons (Fsp3) is 0.407. The van der Waals surface area contributed by atoms with Gasteiger partial charge in [0.15, 0.2) is 0 Å². The summed E-state index contributed by atoms with van der Waals surface area (Å²) in [4.78, 5) is 3.28. The van der Waals surface area contributed by atoms with Gasteiger partial charge in [-0.3, -0.25) is 0 Å². The van der Waals surface area contributed by atoms with Gasteiger partial charge in [0, 0.05) is 0 Å². The topological polar surface area (TPSA) is 15.8 Å². The molecule has 4 heteroatoms. The molecule has 0 aliphatic heterocycles. The molecule has 3 aromatic rings. The van der Waals surface area contributed by atoms with E-state index in [1.54, 1.807) is 0 Å². The molecule has 2 aromatic carbocycles. The molecular formula is C27H31Cl2NZr. The third-order valence-corrected chi connectivity index (χ3v) is 5.95. The second-order valence-corrected chi connectivity index (χ2v) is 10.2. The van der Waals surface area contributed by atoms with Gasteiger partial charge in [-0.05, 0) is 17.3 Å². The Balaban J connectivity index is 0.000000300. The summed E-state index contributed by atoms with van der Waals surface area (Å²) in [6.45, 7) is 13.5. The first-order valence-electron chi connectivity index (χ1n) is 10.4. The van der Waals surface area contributed by atoms with Gasteiger partial charge in [0.1, 0.15) is 0 Å². The van der Waals surface area contributed by atoms with Crippen LogP contribution >= 0.6 is 0 Å². The number of allylic oxidation sites excluding steroid dienone is 1. The molecule has 0 amide bonds. The minimum atomic E-state index is 0. The van der Waals surface area contributed by atoms with E-state index in [-0.39, 0.29) is 61.8 Å². The molecule has 162 valence electrons. The van der Waals surface area contributed by atoms with E-state index in [1.165, 1.54) is 51.6 Å². The summed E-state index contributed by atoms with van der Waals surface area (Å²) in [5.41, 5.74) is 8.55. The van der Waals surface area contributed by atoms with Crippen LogP contribution in [0.4, 0.5) is 0 Å². The van der Waals surface area contributed by atoms with E-state index in [0.29, 0.717) is 0 Å². The number of nitrogens with one attached hydrogen (secondary N) is 1. The summed E-state index contributed by atoms with van der Waals surface area (Å²) < 4.78 is 0. The summed E-state index contributed by atoms with van der Waals surface area (Å²) in [7, 11) is 0. The van der Waals surface area contributed by atoms with Crippen LogP contribution < -0.4 is 24.8 Å². The largest absolute Gasteiger partial charge is 4.00 e. The first kappa shape index (κ1) is 28.2. The van der Waals surface area contributed by atoms with E-state index in [0.717, 1.165) is 5.92 Å². The van der Waals surface area contributed by atoms with E-state index in [4.69, 9.17) is 0 Å². The molecule has 0 bridgehead atoms. The zero-order valence-electron chi connectivity index (χ0n) is 19.3. The van der Waals surface area contributed by atoms with Crippen LogP contribution in [-0.2, 0) is 37.0 Å². The molecule has 1 aromatic heterocycles. The third-order valence-electron chi connectivity index (χ3n) is 5.95. The predicted octanol–water partition coefficient (Wildman–Crippen LogP) is 1.22. The molecule has 1 heterocycles. The number of fused-ring (bicyclic) bond motifs is 4. The number of rotatable bonds is 0. The van der Waals surface area contributed by atoms with Crippen LogP contribution in [0, 0.1) is 12.3 Å². The van der Waals surface area contributed by atoms with Gasteiger partial charge < -0.3 is 29.8 Å². The van der Waals surface area contributed by atoms with Gasteiger partial charge in [-0.15, -0.1) is 52.0 Å². The van der Waals surface area contributed by atoms with Gasteiger partial charge in [-0.2, -0.15) is 17.7 Å². The second kappa shape index (κ2) is 10.4. The molecule has 1 nitrogen and oxygen atoms in total. The van der Waals surface area contributed by atoms with Crippen LogP contribution in [0.1, 0.15) is 82.6 Å². The molecule has 2 aliphatic carbocycles. The fourth-order valence-corrected chi connectivity index (χ4v) is 4.32. The third kappa shape index (κ3) is 5.58. The Morgan fingerprint density at radius 3 is 2.13 bits per heavy atom. The minimum absolute atomic E-state index is 0. The van der Waals surface area contributed by atoms with Crippen LogP contribution in [0.25, 0.3) is 10.9 Å². The molecular weight excluding hydrogens is 500 g/mol. The Bertz CT molecular complexity index is 1050. The van der Waals surface area contributed by atoms with Crippen molar-refractivity contribution >= 4 is 10.9 Å². The molecule has 0 saturated heterocycles. The Morgan fingerprint density at radius 1 is 0.871 bits per heavy atom. The first-order chi connectivity index (χ1) is 13.2. The maximum absolute atomic E-state index is 3.45. The molecule has 31 heavy (non-hydrogen) atoms. The van der Waals surface area contributed by atoms with E-state index < -0.39 is 0 Å². The van der Waals surface area contributed by atoms with Gasteiger partial charge in [0.2, 0.25) is 0 Å². The molecule has 1 fully saturated rings. The Morgan fingerprint density at radius 2 is 1.55 bits per heavy atom. The van der Waals surface area contributed by atoms with Crippen LogP contribution in [-0.4, -0.2) is 4.98 Å². The van der Waals surface area contributed by atoms with E-state index in [1.807, 2.05) is 0 Å². The summed E-state index contributed by atoms with van der Waals surface area (Å²) >= 11 is 0. The number of H-pyrrole nitrogens is 1. The Labute approximate surface area is 219 Å².